The molecule has 2 rings (SSSR count). The second-order valence-corrected chi connectivity index (χ2v) is 8.39. The minimum atomic E-state index is -0.245. The molecule has 3 nitrogen and oxygen atoms in total. The fourth-order valence-electron chi connectivity index (χ4n) is 4.13. The van der Waals surface area contributed by atoms with Crippen molar-refractivity contribution < 1.29 is 14.3 Å². The maximum atomic E-state index is 11.9. The van der Waals surface area contributed by atoms with Gasteiger partial charge in [-0.15, -0.1) is 0 Å². The average Bonchev–Trinajstić information content (AvgIpc) is 2.73. The van der Waals surface area contributed by atoms with Crippen molar-refractivity contribution >= 4 is 5.97 Å². The lowest BCUT2D eigenvalue weighted by atomic mass is 9.78. The number of benzene rings is 1. The van der Waals surface area contributed by atoms with E-state index in [1.54, 1.807) is 12.1 Å². The Morgan fingerprint density at radius 2 is 1.43 bits per heavy atom. The van der Waals surface area contributed by atoms with Gasteiger partial charge < -0.3 is 9.47 Å². The Morgan fingerprint density at radius 3 is 2.04 bits per heavy atom. The first-order valence-corrected chi connectivity index (χ1v) is 11.6. The van der Waals surface area contributed by atoms with Gasteiger partial charge in [-0.3, -0.25) is 0 Å². The fraction of sp³-hybridized carbons (Fsp3) is 0.720. The highest BCUT2D eigenvalue weighted by molar-refractivity contribution is 5.89. The predicted octanol–water partition coefficient (Wildman–Crippen LogP) is 7.19. The Balaban J connectivity index is 1.57. The van der Waals surface area contributed by atoms with Crippen LogP contribution in [0.1, 0.15) is 101 Å². The van der Waals surface area contributed by atoms with Gasteiger partial charge in [0.25, 0.3) is 0 Å². The van der Waals surface area contributed by atoms with Crippen molar-refractivity contribution in [2.45, 2.75) is 90.9 Å². The highest BCUT2D eigenvalue weighted by atomic mass is 16.5. The van der Waals surface area contributed by atoms with Crippen LogP contribution in [0.4, 0.5) is 0 Å². The topological polar surface area (TPSA) is 35.5 Å². The van der Waals surface area contributed by atoms with Crippen molar-refractivity contribution in [1.82, 2.24) is 0 Å². The molecular formula is C25H40O3. The van der Waals surface area contributed by atoms with E-state index in [2.05, 4.69) is 13.8 Å². The Bertz CT molecular complexity index is 529. The molecule has 3 heteroatoms. The van der Waals surface area contributed by atoms with Crippen LogP contribution in [0.15, 0.2) is 24.3 Å². The number of rotatable bonds is 13. The molecule has 1 saturated carbocycles. The van der Waals surface area contributed by atoms with Crippen LogP contribution < -0.4 is 4.74 Å². The number of esters is 1. The van der Waals surface area contributed by atoms with Crippen molar-refractivity contribution in [3.8, 4) is 5.75 Å². The molecule has 158 valence electrons. The summed E-state index contributed by atoms with van der Waals surface area (Å²) >= 11 is 0. The first-order chi connectivity index (χ1) is 13.7. The summed E-state index contributed by atoms with van der Waals surface area (Å²) in [5, 5.41) is 0. The number of unbranched alkanes of at least 4 members (excludes halogenated alkanes) is 3. The zero-order valence-electron chi connectivity index (χ0n) is 18.1. The van der Waals surface area contributed by atoms with E-state index in [1.165, 1.54) is 57.8 Å². The van der Waals surface area contributed by atoms with Crippen molar-refractivity contribution in [3.05, 3.63) is 29.8 Å². The second kappa shape index (κ2) is 13.6. The Hall–Kier alpha value is -1.51. The van der Waals surface area contributed by atoms with Crippen LogP contribution in [0.25, 0.3) is 0 Å². The number of ether oxygens (including phenoxy) is 2. The van der Waals surface area contributed by atoms with Gasteiger partial charge in [0, 0.05) is 0 Å². The monoisotopic (exact) mass is 388 g/mol. The molecule has 0 radical (unpaired) electrons. The predicted molar refractivity (Wildman–Crippen MR) is 116 cm³/mol. The minimum Gasteiger partial charge on any atom is -0.494 e. The van der Waals surface area contributed by atoms with Crippen molar-refractivity contribution in [3.63, 3.8) is 0 Å². The first kappa shape index (κ1) is 22.8. The maximum Gasteiger partial charge on any atom is 0.338 e. The lowest BCUT2D eigenvalue weighted by Crippen LogP contribution is -2.15. The van der Waals surface area contributed by atoms with Gasteiger partial charge in [-0.1, -0.05) is 71.6 Å². The van der Waals surface area contributed by atoms with E-state index in [0.29, 0.717) is 12.2 Å². The van der Waals surface area contributed by atoms with E-state index < -0.39 is 0 Å². The molecule has 28 heavy (non-hydrogen) atoms. The molecule has 1 aliphatic rings. The van der Waals surface area contributed by atoms with E-state index >= 15 is 0 Å². The van der Waals surface area contributed by atoms with Crippen LogP contribution in [0.5, 0.6) is 5.75 Å². The van der Waals surface area contributed by atoms with Gasteiger partial charge in [0.2, 0.25) is 0 Å². The molecule has 0 amide bonds. The molecule has 0 unspecified atom stereocenters. The SMILES string of the molecule is CCCCCC1CCC(CCCOc2ccc(C(=O)OCCCC)cc2)CC1. The van der Waals surface area contributed by atoms with Crippen LogP contribution in [-0.2, 0) is 4.74 Å². The first-order valence-electron chi connectivity index (χ1n) is 11.6. The molecule has 1 fully saturated rings. The number of carbonyl (C=O) groups excluding carboxylic acids is 1. The Kier molecular flexibility index (Phi) is 11.1. The number of carbonyl (C=O) groups is 1. The standard InChI is InChI=1S/C25H40O3/c1-3-5-7-9-21-11-13-22(14-12-21)10-8-20-27-24-17-15-23(16-18-24)25(26)28-19-6-4-2/h15-18,21-22H,3-14,19-20H2,1-2H3. The molecule has 0 saturated heterocycles. The highest BCUT2D eigenvalue weighted by Crippen LogP contribution is 2.34. The molecule has 0 aliphatic heterocycles. The van der Waals surface area contributed by atoms with E-state index in [1.807, 2.05) is 12.1 Å². The van der Waals surface area contributed by atoms with Gasteiger partial charge in [-0.05, 0) is 55.4 Å². The van der Waals surface area contributed by atoms with Crippen LogP contribution in [0.2, 0.25) is 0 Å². The number of hydrogen-bond donors (Lipinski definition) is 0. The summed E-state index contributed by atoms with van der Waals surface area (Å²) in [5.41, 5.74) is 0.596. The molecule has 0 spiro atoms. The summed E-state index contributed by atoms with van der Waals surface area (Å²) in [5.74, 6) is 2.48. The quantitative estimate of drug-likeness (QED) is 0.265. The summed E-state index contributed by atoms with van der Waals surface area (Å²) < 4.78 is 11.1. The molecule has 1 aliphatic carbocycles. The Labute approximate surface area is 172 Å². The molecule has 0 heterocycles. The van der Waals surface area contributed by atoms with Gasteiger partial charge in [-0.25, -0.2) is 4.79 Å². The molecule has 1 aromatic rings. The average molecular weight is 389 g/mol. The third-order valence-corrected chi connectivity index (χ3v) is 6.03. The molecule has 0 bridgehead atoms. The molecule has 1 aromatic carbocycles. The fourth-order valence-corrected chi connectivity index (χ4v) is 4.13. The van der Waals surface area contributed by atoms with Gasteiger partial charge in [0.1, 0.15) is 5.75 Å². The smallest absolute Gasteiger partial charge is 0.338 e. The van der Waals surface area contributed by atoms with Gasteiger partial charge in [0.05, 0.1) is 18.8 Å². The van der Waals surface area contributed by atoms with Crippen molar-refractivity contribution in [1.29, 1.82) is 0 Å². The van der Waals surface area contributed by atoms with Crippen LogP contribution in [-0.4, -0.2) is 19.2 Å². The largest absolute Gasteiger partial charge is 0.494 e. The third kappa shape index (κ3) is 8.67. The van der Waals surface area contributed by atoms with E-state index in [0.717, 1.165) is 43.5 Å². The third-order valence-electron chi connectivity index (χ3n) is 6.03. The van der Waals surface area contributed by atoms with Crippen LogP contribution >= 0.6 is 0 Å². The maximum absolute atomic E-state index is 11.9. The molecule has 0 atom stereocenters. The normalized spacial score (nSPS) is 19.4. The molecule has 0 aromatic heterocycles. The second-order valence-electron chi connectivity index (χ2n) is 8.39. The van der Waals surface area contributed by atoms with Gasteiger partial charge in [-0.2, -0.15) is 0 Å². The van der Waals surface area contributed by atoms with E-state index in [4.69, 9.17) is 9.47 Å². The number of hydrogen-bond acceptors (Lipinski definition) is 3. The minimum absolute atomic E-state index is 0.245. The summed E-state index contributed by atoms with van der Waals surface area (Å²) in [4.78, 5) is 11.9. The zero-order chi connectivity index (χ0) is 20.0. The van der Waals surface area contributed by atoms with Gasteiger partial charge in [0.15, 0.2) is 0 Å². The summed E-state index contributed by atoms with van der Waals surface area (Å²) in [7, 11) is 0. The Morgan fingerprint density at radius 1 is 0.821 bits per heavy atom. The van der Waals surface area contributed by atoms with Crippen molar-refractivity contribution in [2.24, 2.45) is 11.8 Å². The van der Waals surface area contributed by atoms with Crippen LogP contribution in [0, 0.1) is 11.8 Å². The summed E-state index contributed by atoms with van der Waals surface area (Å²) in [6, 6.07) is 7.34. The summed E-state index contributed by atoms with van der Waals surface area (Å²) in [6.45, 7) is 5.63. The molecule has 0 N–H and O–H groups in total. The van der Waals surface area contributed by atoms with Gasteiger partial charge >= 0.3 is 5.97 Å². The van der Waals surface area contributed by atoms with Crippen LogP contribution in [0.3, 0.4) is 0 Å². The lowest BCUT2D eigenvalue weighted by Gasteiger charge is -2.28. The molecular weight excluding hydrogens is 348 g/mol. The highest BCUT2D eigenvalue weighted by Gasteiger charge is 2.20. The van der Waals surface area contributed by atoms with Crippen molar-refractivity contribution in [2.75, 3.05) is 13.2 Å². The summed E-state index contributed by atoms with van der Waals surface area (Å²) in [6.07, 6.45) is 15.6. The van der Waals surface area contributed by atoms with E-state index in [9.17, 15) is 4.79 Å². The van der Waals surface area contributed by atoms with E-state index in [-0.39, 0.29) is 5.97 Å². The lowest BCUT2D eigenvalue weighted by molar-refractivity contribution is 0.0499. The zero-order valence-corrected chi connectivity index (χ0v) is 18.1.